The average molecular weight is 306 g/mol. The van der Waals surface area contributed by atoms with E-state index in [2.05, 4.69) is 49.5 Å². The van der Waals surface area contributed by atoms with Crippen molar-refractivity contribution in [1.29, 1.82) is 0 Å². The van der Waals surface area contributed by atoms with Crippen molar-refractivity contribution in [3.05, 3.63) is 48.1 Å². The van der Waals surface area contributed by atoms with Crippen LogP contribution in [0.25, 0.3) is 0 Å². The van der Waals surface area contributed by atoms with E-state index in [9.17, 15) is 0 Å². The minimum Gasteiger partial charge on any atom is -1.00 e. The van der Waals surface area contributed by atoms with Gasteiger partial charge in [-0.3, -0.25) is 0 Å². The monoisotopic (exact) mass is 304 g/mol. The van der Waals surface area contributed by atoms with E-state index in [-0.39, 0.29) is 48.0 Å². The maximum atomic E-state index is 2.38. The normalized spacial score (nSPS) is 22.6. The van der Waals surface area contributed by atoms with Crippen LogP contribution in [-0.4, -0.2) is 0 Å². The number of hydrogen-bond donors (Lipinski definition) is 0. The van der Waals surface area contributed by atoms with Gasteiger partial charge < -0.3 is 24.8 Å². The molecule has 0 aromatic carbocycles. The van der Waals surface area contributed by atoms with Crippen LogP contribution in [0.5, 0.6) is 0 Å². The van der Waals surface area contributed by atoms with Gasteiger partial charge in [-0.2, -0.15) is 0 Å². The van der Waals surface area contributed by atoms with Crippen LogP contribution in [0.1, 0.15) is 6.92 Å². The predicted molar refractivity (Wildman–Crippen MR) is 48.7 cm³/mol. The quantitative estimate of drug-likeness (QED) is 0.521. The van der Waals surface area contributed by atoms with Gasteiger partial charge in [0.25, 0.3) is 0 Å². The van der Waals surface area contributed by atoms with Crippen molar-refractivity contribution in [3.8, 4) is 0 Å². The molecular weight excluding hydrogens is 294 g/mol. The van der Waals surface area contributed by atoms with Gasteiger partial charge in [-0.1, -0.05) is 0 Å². The number of halogens is 2. The third-order valence-electron chi connectivity index (χ3n) is 2.27. The van der Waals surface area contributed by atoms with E-state index in [0.717, 1.165) is 7.25 Å². The van der Waals surface area contributed by atoms with Crippen LogP contribution in [-0.2, 0) is 23.2 Å². The van der Waals surface area contributed by atoms with Crippen molar-refractivity contribution < 1.29 is 48.0 Å². The summed E-state index contributed by atoms with van der Waals surface area (Å²) >= 11 is -0.293. The Morgan fingerprint density at radius 1 is 1.00 bits per heavy atom. The first-order valence-corrected chi connectivity index (χ1v) is 7.16. The predicted octanol–water partition coefficient (Wildman–Crippen LogP) is -2.70. The molecule has 0 aromatic heterocycles. The van der Waals surface area contributed by atoms with Crippen molar-refractivity contribution in [2.45, 2.75) is 14.2 Å². The van der Waals surface area contributed by atoms with Crippen LogP contribution in [0.2, 0.25) is 7.25 Å². The zero-order chi connectivity index (χ0) is 8.39. The van der Waals surface area contributed by atoms with Gasteiger partial charge in [0.15, 0.2) is 0 Å². The van der Waals surface area contributed by atoms with E-state index < -0.39 is 0 Å². The summed E-state index contributed by atoms with van der Waals surface area (Å²) in [4.78, 5) is 0. The van der Waals surface area contributed by atoms with Gasteiger partial charge in [0.05, 0.1) is 0 Å². The van der Waals surface area contributed by atoms with Gasteiger partial charge in [-0.15, -0.1) is 0 Å². The summed E-state index contributed by atoms with van der Waals surface area (Å²) in [5.74, 6) is 0. The molecule has 0 aliphatic heterocycles. The van der Waals surface area contributed by atoms with Crippen molar-refractivity contribution in [3.63, 3.8) is 0 Å². The van der Waals surface area contributed by atoms with E-state index in [1.54, 1.807) is 5.57 Å². The molecule has 0 fully saturated rings. The zero-order valence-corrected chi connectivity index (χ0v) is 11.9. The zero-order valence-electron chi connectivity index (χ0n) is 7.95. The van der Waals surface area contributed by atoms with Crippen LogP contribution in [0, 0.1) is 0 Å². The Balaban J connectivity index is 0.000000845. The Morgan fingerprint density at radius 3 is 2.14 bits per heavy atom. The van der Waals surface area contributed by atoms with Crippen molar-refractivity contribution in [2.24, 2.45) is 0 Å². The molecule has 0 aromatic rings. The maximum Gasteiger partial charge on any atom is -1.00 e. The molecule has 1 atom stereocenters. The molecule has 0 radical (unpaired) electrons. The fourth-order valence-corrected chi connectivity index (χ4v) is 5.05. The molecule has 0 bridgehead atoms. The van der Waals surface area contributed by atoms with E-state index in [4.69, 9.17) is 0 Å². The Bertz CT molecular complexity index is 278. The Kier molecular flexibility index (Phi) is 7.03. The molecule has 3 heteroatoms. The third-order valence-corrected chi connectivity index (χ3v) is 6.64. The second-order valence-electron chi connectivity index (χ2n) is 3.24. The number of rotatable bonds is 2. The van der Waals surface area contributed by atoms with Crippen molar-refractivity contribution in [1.82, 2.24) is 0 Å². The SMILES string of the molecule is CC1=CC=C[CH]1[Zr+2][CH]1C=CC=C1.[Cl-].[Cl-]. The van der Waals surface area contributed by atoms with Gasteiger partial charge >= 0.3 is 85.5 Å². The van der Waals surface area contributed by atoms with Crippen LogP contribution >= 0.6 is 0 Å². The molecule has 0 spiro atoms. The molecule has 0 N–H and O–H groups in total. The first kappa shape index (κ1) is 14.4. The standard InChI is InChI=1S/C6H7.C5H5.2ClH.Zr/c1-6-4-2-3-5-6;1-2-4-5-3-1;;;/h2-5H,1H3;1-5H;2*1H;/q;;;;+2/p-2. The molecule has 74 valence electrons. The fourth-order valence-electron chi connectivity index (χ4n) is 1.51. The Labute approximate surface area is 110 Å². The Hall–Kier alpha value is 0.423. The largest absolute Gasteiger partial charge is 1.00 e. The summed E-state index contributed by atoms with van der Waals surface area (Å²) in [6, 6.07) is 0. The maximum absolute atomic E-state index is 2.38. The summed E-state index contributed by atoms with van der Waals surface area (Å²) in [6.45, 7) is 2.26. The number of allylic oxidation sites excluding steroid dienone is 8. The molecule has 2 rings (SSSR count). The van der Waals surface area contributed by atoms with E-state index in [1.807, 2.05) is 0 Å². The van der Waals surface area contributed by atoms with Crippen LogP contribution in [0.15, 0.2) is 48.1 Å². The second-order valence-corrected chi connectivity index (χ2v) is 7.22. The first-order valence-electron chi connectivity index (χ1n) is 4.32. The molecule has 14 heavy (non-hydrogen) atoms. The first-order chi connectivity index (χ1) is 5.86. The smallest absolute Gasteiger partial charge is 1.00 e. The molecule has 0 heterocycles. The molecule has 0 saturated heterocycles. The fraction of sp³-hybridized carbons (Fsp3) is 0.273. The summed E-state index contributed by atoms with van der Waals surface area (Å²) < 4.78 is 1.69. The van der Waals surface area contributed by atoms with E-state index >= 15 is 0 Å². The van der Waals surface area contributed by atoms with Crippen LogP contribution < -0.4 is 24.8 Å². The van der Waals surface area contributed by atoms with Crippen LogP contribution in [0.3, 0.4) is 0 Å². The van der Waals surface area contributed by atoms with Crippen molar-refractivity contribution in [2.75, 3.05) is 0 Å². The topological polar surface area (TPSA) is 0 Å². The van der Waals surface area contributed by atoms with E-state index in [0.29, 0.717) is 0 Å². The minimum absolute atomic E-state index is 0. The number of hydrogen-bond acceptors (Lipinski definition) is 0. The summed E-state index contributed by atoms with van der Waals surface area (Å²) in [5, 5.41) is 0. The Morgan fingerprint density at radius 2 is 1.64 bits per heavy atom. The molecular formula is C11H12Cl2Zr. The minimum atomic E-state index is -0.293. The molecule has 0 nitrogen and oxygen atoms in total. The molecule has 2 aliphatic rings. The molecule has 0 saturated carbocycles. The van der Waals surface area contributed by atoms with Gasteiger partial charge in [0.1, 0.15) is 0 Å². The van der Waals surface area contributed by atoms with Gasteiger partial charge in [0, 0.05) is 0 Å². The van der Waals surface area contributed by atoms with Gasteiger partial charge in [-0.05, 0) is 0 Å². The molecule has 1 unspecified atom stereocenters. The van der Waals surface area contributed by atoms with Crippen LogP contribution in [0.4, 0.5) is 0 Å². The summed E-state index contributed by atoms with van der Waals surface area (Å²) in [7, 11) is 0. The molecule has 0 amide bonds. The summed E-state index contributed by atoms with van der Waals surface area (Å²) in [6.07, 6.45) is 15.9. The van der Waals surface area contributed by atoms with Crippen molar-refractivity contribution >= 4 is 0 Å². The summed E-state index contributed by atoms with van der Waals surface area (Å²) in [5.41, 5.74) is 1.58. The second kappa shape index (κ2) is 6.82. The van der Waals surface area contributed by atoms with Gasteiger partial charge in [0.2, 0.25) is 0 Å². The van der Waals surface area contributed by atoms with Gasteiger partial charge in [-0.25, -0.2) is 0 Å². The third kappa shape index (κ3) is 3.53. The van der Waals surface area contributed by atoms with E-state index in [1.165, 1.54) is 0 Å². The molecule has 2 aliphatic carbocycles. The average Bonchev–Trinajstić information content (AvgIpc) is 2.65.